The second-order valence-electron chi connectivity index (χ2n) is 5.92. The Kier molecular flexibility index (Phi) is 4.44. The number of aromatic nitrogens is 1. The topological polar surface area (TPSA) is 12.9 Å². The van der Waals surface area contributed by atoms with Gasteiger partial charge in [0.25, 0.3) is 0 Å². The molecule has 4 aromatic rings. The van der Waals surface area contributed by atoms with Crippen LogP contribution in [0.25, 0.3) is 22.0 Å². The molecule has 3 heteroatoms. The van der Waals surface area contributed by atoms with Gasteiger partial charge in [-0.15, -0.1) is 11.6 Å². The lowest BCUT2D eigenvalue weighted by atomic mass is 9.97. The Labute approximate surface area is 156 Å². The minimum atomic E-state index is -0.231. The van der Waals surface area contributed by atoms with E-state index in [1.54, 1.807) is 0 Å². The zero-order valence-corrected chi connectivity index (χ0v) is 14.9. The Morgan fingerprint density at radius 2 is 1.48 bits per heavy atom. The van der Waals surface area contributed by atoms with Crippen LogP contribution >= 0.6 is 23.2 Å². The summed E-state index contributed by atoms with van der Waals surface area (Å²) < 4.78 is 0. The molecule has 25 heavy (non-hydrogen) atoms. The summed E-state index contributed by atoms with van der Waals surface area (Å²) in [7, 11) is 0. The van der Waals surface area contributed by atoms with Gasteiger partial charge < -0.3 is 0 Å². The quantitative estimate of drug-likeness (QED) is 0.361. The minimum absolute atomic E-state index is 0.231. The molecule has 0 N–H and O–H groups in total. The number of halogens is 2. The summed E-state index contributed by atoms with van der Waals surface area (Å²) in [5.41, 5.74) is 5.36. The lowest BCUT2D eigenvalue weighted by Crippen LogP contribution is -1.94. The molecule has 0 aliphatic carbocycles. The first-order valence-corrected chi connectivity index (χ1v) is 8.87. The number of fused-ring (bicyclic) bond motifs is 1. The van der Waals surface area contributed by atoms with Gasteiger partial charge in [0.05, 0.1) is 10.9 Å². The molecule has 0 bridgehead atoms. The number of alkyl halides is 1. The van der Waals surface area contributed by atoms with Crippen LogP contribution in [0.3, 0.4) is 0 Å². The van der Waals surface area contributed by atoms with E-state index in [-0.39, 0.29) is 5.38 Å². The van der Waals surface area contributed by atoms with E-state index >= 15 is 0 Å². The fourth-order valence-corrected chi connectivity index (χ4v) is 3.42. The van der Waals surface area contributed by atoms with Crippen molar-refractivity contribution in [2.75, 3.05) is 0 Å². The molecule has 1 heterocycles. The van der Waals surface area contributed by atoms with Crippen molar-refractivity contribution in [1.29, 1.82) is 0 Å². The zero-order valence-electron chi connectivity index (χ0n) is 13.4. The average Bonchev–Trinajstić information content (AvgIpc) is 2.68. The van der Waals surface area contributed by atoms with Gasteiger partial charge in [-0.1, -0.05) is 60.1 Å². The average molecular weight is 364 g/mol. The standard InChI is InChI=1S/C22H15Cl2N/c23-18-9-6-16(7-10-18)22(24)17-8-11-21-20(14-17)19(12-13-25-21)15-4-2-1-3-5-15/h1-14,22H. The summed E-state index contributed by atoms with van der Waals surface area (Å²) in [6.45, 7) is 0. The Bertz CT molecular complexity index is 1010. The van der Waals surface area contributed by atoms with E-state index in [9.17, 15) is 0 Å². The van der Waals surface area contributed by atoms with E-state index in [2.05, 4.69) is 23.2 Å². The molecule has 3 aromatic carbocycles. The van der Waals surface area contributed by atoms with Gasteiger partial charge in [0.15, 0.2) is 0 Å². The lowest BCUT2D eigenvalue weighted by molar-refractivity contribution is 1.14. The predicted molar refractivity (Wildman–Crippen MR) is 106 cm³/mol. The molecule has 4 rings (SSSR count). The molecule has 1 atom stereocenters. The van der Waals surface area contributed by atoms with Crippen LogP contribution in [0.2, 0.25) is 5.02 Å². The van der Waals surface area contributed by atoms with Crippen LogP contribution in [0.4, 0.5) is 0 Å². The highest BCUT2D eigenvalue weighted by Crippen LogP contribution is 2.34. The maximum Gasteiger partial charge on any atom is 0.0835 e. The van der Waals surface area contributed by atoms with Gasteiger partial charge in [0.1, 0.15) is 0 Å². The van der Waals surface area contributed by atoms with Crippen molar-refractivity contribution in [3.05, 3.63) is 101 Å². The molecule has 1 nitrogen and oxygen atoms in total. The SMILES string of the molecule is Clc1ccc(C(Cl)c2ccc3nccc(-c4ccccc4)c3c2)cc1. The Hall–Kier alpha value is -2.35. The minimum Gasteiger partial charge on any atom is -0.256 e. The normalized spacial score (nSPS) is 12.2. The van der Waals surface area contributed by atoms with Crippen LogP contribution in [-0.4, -0.2) is 4.98 Å². The van der Waals surface area contributed by atoms with Gasteiger partial charge >= 0.3 is 0 Å². The highest BCUT2D eigenvalue weighted by Gasteiger charge is 2.13. The summed E-state index contributed by atoms with van der Waals surface area (Å²) in [6.07, 6.45) is 1.85. The third-order valence-corrected chi connectivity index (χ3v) is 5.06. The number of nitrogens with zero attached hydrogens (tertiary/aromatic N) is 1. The van der Waals surface area contributed by atoms with Crippen molar-refractivity contribution in [3.63, 3.8) is 0 Å². The number of rotatable bonds is 3. The van der Waals surface area contributed by atoms with Crippen molar-refractivity contribution in [3.8, 4) is 11.1 Å². The fourth-order valence-electron chi connectivity index (χ4n) is 3.02. The number of benzene rings is 3. The summed E-state index contributed by atoms with van der Waals surface area (Å²) in [5, 5.41) is 1.58. The second kappa shape index (κ2) is 6.87. The van der Waals surface area contributed by atoms with Crippen molar-refractivity contribution in [2.24, 2.45) is 0 Å². The zero-order chi connectivity index (χ0) is 17.2. The first kappa shape index (κ1) is 16.1. The van der Waals surface area contributed by atoms with Gasteiger partial charge in [-0.3, -0.25) is 4.98 Å². The van der Waals surface area contributed by atoms with Gasteiger partial charge in [-0.25, -0.2) is 0 Å². The van der Waals surface area contributed by atoms with Crippen molar-refractivity contribution in [1.82, 2.24) is 4.98 Å². The molecule has 0 radical (unpaired) electrons. The number of pyridine rings is 1. The maximum absolute atomic E-state index is 6.72. The molecule has 0 fully saturated rings. The molecule has 1 aromatic heterocycles. The molecule has 0 saturated carbocycles. The van der Waals surface area contributed by atoms with Crippen LogP contribution in [0, 0.1) is 0 Å². The van der Waals surface area contributed by atoms with E-state index in [1.807, 2.05) is 66.9 Å². The number of hydrogen-bond acceptors (Lipinski definition) is 1. The summed E-state index contributed by atoms with van der Waals surface area (Å²) in [4.78, 5) is 4.49. The third-order valence-electron chi connectivity index (χ3n) is 4.31. The van der Waals surface area contributed by atoms with Crippen molar-refractivity contribution < 1.29 is 0 Å². The van der Waals surface area contributed by atoms with Crippen LogP contribution in [0.15, 0.2) is 85.1 Å². The Balaban J connectivity index is 1.83. The molecule has 0 amide bonds. The summed E-state index contributed by atoms with van der Waals surface area (Å²) in [5.74, 6) is 0. The Morgan fingerprint density at radius 1 is 0.760 bits per heavy atom. The fraction of sp³-hybridized carbons (Fsp3) is 0.0455. The first-order chi connectivity index (χ1) is 12.2. The molecule has 0 aliphatic rings. The van der Waals surface area contributed by atoms with Crippen molar-refractivity contribution >= 4 is 34.1 Å². The number of hydrogen-bond donors (Lipinski definition) is 0. The molecule has 1 unspecified atom stereocenters. The molecule has 0 saturated heterocycles. The van der Waals surface area contributed by atoms with E-state index in [4.69, 9.17) is 23.2 Å². The maximum atomic E-state index is 6.72. The van der Waals surface area contributed by atoms with Crippen LogP contribution < -0.4 is 0 Å². The van der Waals surface area contributed by atoms with Gasteiger partial charge in [0, 0.05) is 16.6 Å². The van der Waals surface area contributed by atoms with Crippen LogP contribution in [0.5, 0.6) is 0 Å². The smallest absolute Gasteiger partial charge is 0.0835 e. The highest BCUT2D eigenvalue weighted by molar-refractivity contribution is 6.30. The molecular formula is C22H15Cl2N. The molecule has 0 aliphatic heterocycles. The molecular weight excluding hydrogens is 349 g/mol. The largest absolute Gasteiger partial charge is 0.256 e. The van der Waals surface area contributed by atoms with Crippen LogP contribution in [-0.2, 0) is 0 Å². The summed E-state index contributed by atoms with van der Waals surface area (Å²) >= 11 is 12.7. The highest BCUT2D eigenvalue weighted by atomic mass is 35.5. The Morgan fingerprint density at radius 3 is 2.24 bits per heavy atom. The van der Waals surface area contributed by atoms with Crippen molar-refractivity contribution in [2.45, 2.75) is 5.38 Å². The van der Waals surface area contributed by atoms with Gasteiger partial charge in [-0.2, -0.15) is 0 Å². The first-order valence-electron chi connectivity index (χ1n) is 8.06. The second-order valence-corrected chi connectivity index (χ2v) is 6.79. The third kappa shape index (κ3) is 3.26. The van der Waals surface area contributed by atoms with E-state index < -0.39 is 0 Å². The van der Waals surface area contributed by atoms with E-state index in [0.29, 0.717) is 5.02 Å². The monoisotopic (exact) mass is 363 g/mol. The lowest BCUT2D eigenvalue weighted by Gasteiger charge is -2.13. The van der Waals surface area contributed by atoms with E-state index in [1.165, 1.54) is 5.56 Å². The molecule has 0 spiro atoms. The van der Waals surface area contributed by atoms with E-state index in [0.717, 1.165) is 27.6 Å². The van der Waals surface area contributed by atoms with Gasteiger partial charge in [0.2, 0.25) is 0 Å². The predicted octanol–water partition coefficient (Wildman–Crippen LogP) is 6.88. The van der Waals surface area contributed by atoms with Crippen LogP contribution in [0.1, 0.15) is 16.5 Å². The summed E-state index contributed by atoms with van der Waals surface area (Å²) in [6, 6.07) is 26.2. The van der Waals surface area contributed by atoms with Gasteiger partial charge in [-0.05, 0) is 52.6 Å². The molecule has 122 valence electrons.